The third-order valence-electron chi connectivity index (χ3n) is 8.75. The van der Waals surface area contributed by atoms with E-state index in [-0.39, 0.29) is 5.91 Å². The summed E-state index contributed by atoms with van der Waals surface area (Å²) in [7, 11) is 0. The number of nitrogens with zero attached hydrogens (tertiary/aromatic N) is 3. The lowest BCUT2D eigenvalue weighted by atomic mass is 9.48. The number of carbonyl (C=O) groups is 1. The van der Waals surface area contributed by atoms with Gasteiger partial charge in [-0.25, -0.2) is 4.98 Å². The number of carbonyl (C=O) groups excluding carboxylic acids is 1. The van der Waals surface area contributed by atoms with Crippen LogP contribution in [0.5, 0.6) is 0 Å². The van der Waals surface area contributed by atoms with Crippen LogP contribution in [-0.4, -0.2) is 39.3 Å². The Bertz CT molecular complexity index is 938. The van der Waals surface area contributed by atoms with Gasteiger partial charge in [0, 0.05) is 31.9 Å². The van der Waals surface area contributed by atoms with Gasteiger partial charge in [0.05, 0.1) is 5.69 Å². The Balaban J connectivity index is 1.19. The molecule has 0 aromatic carbocycles. The Morgan fingerprint density at radius 1 is 1.13 bits per heavy atom. The van der Waals surface area contributed by atoms with Crippen molar-refractivity contribution in [2.45, 2.75) is 77.3 Å². The molecule has 4 aliphatic carbocycles. The van der Waals surface area contributed by atoms with Gasteiger partial charge in [-0.3, -0.25) is 4.79 Å². The molecule has 1 saturated heterocycles. The fraction of sp³-hybridized carbons (Fsp3) is 0.692. The summed E-state index contributed by atoms with van der Waals surface area (Å²) in [5.41, 5.74) is 3.11. The first-order valence-electron chi connectivity index (χ1n) is 12.6. The van der Waals surface area contributed by atoms with Crippen LogP contribution in [-0.2, 0) is 6.54 Å². The number of rotatable bonds is 6. The topological polar surface area (TPSA) is 49.6 Å². The van der Waals surface area contributed by atoms with Crippen LogP contribution in [0.15, 0.2) is 24.4 Å². The molecular weight excluding hydrogens is 384 g/mol. The summed E-state index contributed by atoms with van der Waals surface area (Å²) in [6.45, 7) is 4.78. The number of pyridine rings is 1. The van der Waals surface area contributed by atoms with E-state index in [0.29, 0.717) is 23.7 Å². The molecule has 3 heterocycles. The summed E-state index contributed by atoms with van der Waals surface area (Å²) >= 11 is 0. The monoisotopic (exact) mass is 420 g/mol. The average Bonchev–Trinajstić information content (AvgIpc) is 3.38. The molecule has 0 unspecified atom stereocenters. The van der Waals surface area contributed by atoms with E-state index in [0.717, 1.165) is 55.0 Å². The van der Waals surface area contributed by atoms with Crippen LogP contribution in [0.25, 0.3) is 5.65 Å². The quantitative estimate of drug-likeness (QED) is 0.740. The second-order valence-corrected chi connectivity index (χ2v) is 11.2. The molecule has 4 bridgehead atoms. The van der Waals surface area contributed by atoms with Gasteiger partial charge in [0.1, 0.15) is 5.65 Å². The first-order valence-corrected chi connectivity index (χ1v) is 12.6. The highest BCUT2D eigenvalue weighted by Crippen LogP contribution is 2.61. The van der Waals surface area contributed by atoms with Gasteiger partial charge in [0.15, 0.2) is 5.69 Å². The number of fused-ring (bicyclic) bond motifs is 1. The van der Waals surface area contributed by atoms with Crippen molar-refractivity contribution in [1.29, 1.82) is 0 Å². The SMILES string of the molecule is C[C@H](CC12CC3CC(CC(C3)C1)C2)NCc1c(C(=O)N2CCCC2)nc2ccccn12. The van der Waals surface area contributed by atoms with Crippen molar-refractivity contribution in [2.24, 2.45) is 23.2 Å². The van der Waals surface area contributed by atoms with Crippen molar-refractivity contribution in [3.63, 3.8) is 0 Å². The van der Waals surface area contributed by atoms with E-state index in [9.17, 15) is 4.79 Å². The molecule has 7 rings (SSSR count). The Morgan fingerprint density at radius 2 is 1.81 bits per heavy atom. The summed E-state index contributed by atoms with van der Waals surface area (Å²) in [5, 5.41) is 3.81. The smallest absolute Gasteiger partial charge is 0.274 e. The Morgan fingerprint density at radius 3 is 2.48 bits per heavy atom. The minimum atomic E-state index is 0.103. The largest absolute Gasteiger partial charge is 0.337 e. The second-order valence-electron chi connectivity index (χ2n) is 11.2. The maximum absolute atomic E-state index is 13.2. The van der Waals surface area contributed by atoms with Gasteiger partial charge in [-0.2, -0.15) is 0 Å². The van der Waals surface area contributed by atoms with Gasteiger partial charge in [-0.05, 0) is 100 Å². The molecule has 5 heteroatoms. The van der Waals surface area contributed by atoms with Crippen LogP contribution in [0, 0.1) is 23.2 Å². The van der Waals surface area contributed by atoms with E-state index < -0.39 is 0 Å². The predicted octanol–water partition coefficient (Wildman–Crippen LogP) is 4.65. The third-order valence-corrected chi connectivity index (χ3v) is 8.75. The Hall–Kier alpha value is -1.88. The van der Waals surface area contributed by atoms with Gasteiger partial charge >= 0.3 is 0 Å². The number of hydrogen-bond donors (Lipinski definition) is 1. The van der Waals surface area contributed by atoms with E-state index in [1.165, 1.54) is 44.9 Å². The highest BCUT2D eigenvalue weighted by molar-refractivity contribution is 5.94. The van der Waals surface area contributed by atoms with Crippen LogP contribution in [0.1, 0.15) is 80.9 Å². The zero-order chi connectivity index (χ0) is 21.0. The molecule has 0 radical (unpaired) electrons. The molecule has 5 fully saturated rings. The molecular formula is C26H36N4O. The molecule has 1 N–H and O–H groups in total. The van der Waals surface area contributed by atoms with Crippen LogP contribution in [0.3, 0.4) is 0 Å². The summed E-state index contributed by atoms with van der Waals surface area (Å²) < 4.78 is 2.10. The van der Waals surface area contributed by atoms with Gasteiger partial charge in [-0.1, -0.05) is 6.07 Å². The lowest BCUT2D eigenvalue weighted by Crippen LogP contribution is -2.48. The van der Waals surface area contributed by atoms with Crippen molar-refractivity contribution in [3.05, 3.63) is 35.8 Å². The minimum absolute atomic E-state index is 0.103. The zero-order valence-corrected chi connectivity index (χ0v) is 18.9. The molecule has 4 saturated carbocycles. The van der Waals surface area contributed by atoms with Crippen LogP contribution in [0.4, 0.5) is 0 Å². The van der Waals surface area contributed by atoms with Crippen molar-refractivity contribution in [2.75, 3.05) is 13.1 Å². The first-order chi connectivity index (χ1) is 15.1. The van der Waals surface area contributed by atoms with Crippen LogP contribution < -0.4 is 5.32 Å². The molecule has 5 nitrogen and oxygen atoms in total. The van der Waals surface area contributed by atoms with Crippen molar-refractivity contribution < 1.29 is 4.79 Å². The van der Waals surface area contributed by atoms with E-state index in [1.54, 1.807) is 0 Å². The molecule has 31 heavy (non-hydrogen) atoms. The Kier molecular flexibility index (Phi) is 4.86. The highest BCUT2D eigenvalue weighted by atomic mass is 16.2. The van der Waals surface area contributed by atoms with E-state index in [4.69, 9.17) is 4.98 Å². The van der Waals surface area contributed by atoms with Crippen molar-refractivity contribution in [1.82, 2.24) is 19.6 Å². The number of imidazole rings is 1. The number of aromatic nitrogens is 2. The van der Waals surface area contributed by atoms with Crippen LogP contribution >= 0.6 is 0 Å². The lowest BCUT2D eigenvalue weighted by molar-refractivity contribution is -0.0612. The minimum Gasteiger partial charge on any atom is -0.337 e. The maximum Gasteiger partial charge on any atom is 0.274 e. The summed E-state index contributed by atoms with van der Waals surface area (Å²) in [4.78, 5) is 19.9. The number of hydrogen-bond acceptors (Lipinski definition) is 3. The second kappa shape index (κ2) is 7.61. The van der Waals surface area contributed by atoms with Gasteiger partial charge in [0.25, 0.3) is 5.91 Å². The zero-order valence-electron chi connectivity index (χ0n) is 18.9. The van der Waals surface area contributed by atoms with Gasteiger partial charge in [-0.15, -0.1) is 0 Å². The fourth-order valence-electron chi connectivity index (χ4n) is 7.99. The normalized spacial score (nSPS) is 32.8. The standard InChI is InChI=1S/C26H36N4O/c1-18(13-26-14-19-10-20(15-26)12-21(11-19)16-26)27-17-22-24(25(31)29-7-4-5-8-29)28-23-6-2-3-9-30(22)23/h2-3,6,9,18-21,27H,4-5,7-8,10-17H2,1H3/t18-,19?,20?,21?,26?/m1/s1. The number of amides is 1. The number of nitrogens with one attached hydrogen (secondary N) is 1. The molecule has 1 aliphatic heterocycles. The summed E-state index contributed by atoms with van der Waals surface area (Å²) in [5.74, 6) is 3.11. The van der Waals surface area contributed by atoms with Gasteiger partial charge < -0.3 is 14.6 Å². The van der Waals surface area contributed by atoms with E-state index in [2.05, 4.69) is 16.6 Å². The average molecular weight is 421 g/mol. The number of likely N-dealkylation sites (tertiary alicyclic amines) is 1. The van der Waals surface area contributed by atoms with Gasteiger partial charge in [0.2, 0.25) is 0 Å². The lowest BCUT2D eigenvalue weighted by Gasteiger charge is -2.57. The molecule has 166 valence electrons. The molecule has 1 amide bonds. The maximum atomic E-state index is 13.2. The van der Waals surface area contributed by atoms with E-state index >= 15 is 0 Å². The predicted molar refractivity (Wildman–Crippen MR) is 122 cm³/mol. The fourth-order valence-corrected chi connectivity index (χ4v) is 7.99. The van der Waals surface area contributed by atoms with E-state index in [1.807, 2.05) is 29.3 Å². The molecule has 2 aromatic heterocycles. The Labute approximate surface area is 185 Å². The summed E-state index contributed by atoms with van der Waals surface area (Å²) in [6, 6.07) is 6.49. The highest BCUT2D eigenvalue weighted by Gasteiger charge is 2.50. The van der Waals surface area contributed by atoms with Crippen molar-refractivity contribution in [3.8, 4) is 0 Å². The van der Waals surface area contributed by atoms with Crippen molar-refractivity contribution >= 4 is 11.6 Å². The van der Waals surface area contributed by atoms with Crippen LogP contribution in [0.2, 0.25) is 0 Å². The molecule has 1 atom stereocenters. The third kappa shape index (κ3) is 3.59. The molecule has 2 aromatic rings. The summed E-state index contributed by atoms with van der Waals surface area (Å²) in [6.07, 6.45) is 14.4. The first kappa shape index (κ1) is 19.8. The molecule has 5 aliphatic rings. The molecule has 0 spiro atoms.